The number of aromatic nitrogens is 3. The molecule has 0 spiro atoms. The zero-order valence-electron chi connectivity index (χ0n) is 46.4. The van der Waals surface area contributed by atoms with Gasteiger partial charge in [-0.2, -0.15) is 0 Å². The van der Waals surface area contributed by atoms with Crippen molar-refractivity contribution in [2.75, 3.05) is 37.8 Å². The summed E-state index contributed by atoms with van der Waals surface area (Å²) in [6, 6.07) is 13.3. The van der Waals surface area contributed by atoms with Crippen LogP contribution in [0.2, 0.25) is 0 Å². The normalized spacial score (nSPS) is 18.9. The van der Waals surface area contributed by atoms with E-state index in [2.05, 4.69) is 31.6 Å². The Bertz CT molecular complexity index is 2510. The predicted molar refractivity (Wildman–Crippen MR) is 296 cm³/mol. The Labute approximate surface area is 468 Å². The van der Waals surface area contributed by atoms with Crippen LogP contribution in [0, 0.1) is 0 Å². The van der Waals surface area contributed by atoms with Gasteiger partial charge in [-0.05, 0) is 69.4 Å². The third-order valence-corrected chi connectivity index (χ3v) is 15.1. The molecule has 2 aromatic carbocycles. The van der Waals surface area contributed by atoms with Crippen molar-refractivity contribution in [2.24, 2.45) is 5.73 Å². The van der Waals surface area contributed by atoms with Gasteiger partial charge in [0.25, 0.3) is 0 Å². The van der Waals surface area contributed by atoms with Crippen LogP contribution < -0.4 is 31.9 Å². The van der Waals surface area contributed by atoms with E-state index in [4.69, 9.17) is 24.3 Å². The zero-order chi connectivity index (χ0) is 58.0. The molecule has 1 aromatic heterocycles. The van der Waals surface area contributed by atoms with Gasteiger partial charge in [-0.1, -0.05) is 93.6 Å². The summed E-state index contributed by atoms with van der Waals surface area (Å²) in [5.41, 5.74) is 9.89. The minimum absolute atomic E-state index is 0.00128. The van der Waals surface area contributed by atoms with E-state index >= 15 is 0 Å². The molecule has 3 aromatic rings. The molecule has 0 bridgehead atoms. The number of aryl methyl sites for hydroxylation is 1. The molecule has 2 unspecified atom stereocenters. The van der Waals surface area contributed by atoms with Crippen LogP contribution in [0.25, 0.3) is 22.5 Å². The van der Waals surface area contributed by atoms with Crippen molar-refractivity contribution < 1.29 is 72.1 Å². The van der Waals surface area contributed by atoms with E-state index in [0.717, 1.165) is 35.2 Å². The standard InChI is InChI=1S/C55H84N9O15P/c1-4-39(5-2)79-80(74,75)77-34-20-9-7-16-30-57-46(68)28-29-48(70)63-35-38-21-12-13-22-40(38)49-51(41-23-14-15-24-43(41)63)64(62-61-49)32-18-10-11-25-47(69)60-42(26-27-45(56)67)54(73)58-31-17-6-8-19-33-76-55-50(59-37(3)66)53(72)52(71)44(36-65)78-55/h12-15,21-24,39,42,44,50,52-53,55,65,71-72H,4-11,16-20,25-36H2,1-3H3,(H2,56,67)(H,57,68)(H,58,73)(H,59,66)(H,60,69)(H,74,75)/t42?,44-,50-,52+,53-,55-/m1/s1. The number of benzene rings is 2. The molecule has 24 nitrogen and oxygen atoms in total. The molecular formula is C55H84N9O15P. The molecule has 1 saturated heterocycles. The Hall–Kier alpha value is -5.69. The first kappa shape index (κ1) is 65.1. The summed E-state index contributed by atoms with van der Waals surface area (Å²) in [4.78, 5) is 88.5. The van der Waals surface area contributed by atoms with Gasteiger partial charge >= 0.3 is 7.82 Å². The highest BCUT2D eigenvalue weighted by Crippen LogP contribution is 2.46. The topological polar surface area (TPSA) is 345 Å². The van der Waals surface area contributed by atoms with Gasteiger partial charge in [0, 0.05) is 70.0 Å². The Kier molecular flexibility index (Phi) is 27.6. The molecule has 0 saturated carbocycles. The van der Waals surface area contributed by atoms with Crippen LogP contribution in [0.15, 0.2) is 48.5 Å². The highest BCUT2D eigenvalue weighted by Gasteiger charge is 2.45. The highest BCUT2D eigenvalue weighted by molar-refractivity contribution is 7.47. The number of primary amides is 1. The minimum atomic E-state index is -4.10. The highest BCUT2D eigenvalue weighted by atomic mass is 31.2. The van der Waals surface area contributed by atoms with Crippen LogP contribution in [0.4, 0.5) is 5.69 Å². The second-order valence-corrected chi connectivity index (χ2v) is 21.6. The lowest BCUT2D eigenvalue weighted by atomic mass is 9.95. The number of amides is 6. The van der Waals surface area contributed by atoms with Gasteiger partial charge in [0.1, 0.15) is 36.1 Å². The van der Waals surface area contributed by atoms with Crippen molar-refractivity contribution in [3.8, 4) is 22.5 Å². The van der Waals surface area contributed by atoms with E-state index in [1.807, 2.05) is 67.1 Å². The first-order chi connectivity index (χ1) is 38.5. The first-order valence-corrected chi connectivity index (χ1v) is 29.7. The summed E-state index contributed by atoms with van der Waals surface area (Å²) in [6.45, 7) is 6.22. The van der Waals surface area contributed by atoms with Gasteiger partial charge < -0.3 is 61.6 Å². The number of fused-ring (bicyclic) bond motifs is 5. The molecule has 7 atom stereocenters. The van der Waals surface area contributed by atoms with Gasteiger partial charge in [0.2, 0.25) is 35.4 Å². The number of para-hydroxylation sites is 1. The maximum Gasteiger partial charge on any atom is 0.472 e. The van der Waals surface area contributed by atoms with Crippen LogP contribution in [-0.4, -0.2) is 146 Å². The summed E-state index contributed by atoms with van der Waals surface area (Å²) in [5.74, 6) is -2.30. The fourth-order valence-electron chi connectivity index (χ4n) is 9.56. The Morgan fingerprint density at radius 1 is 0.800 bits per heavy atom. The third kappa shape index (κ3) is 20.7. The van der Waals surface area contributed by atoms with E-state index < -0.39 is 68.8 Å². The van der Waals surface area contributed by atoms with Gasteiger partial charge in [0.05, 0.1) is 37.2 Å². The molecule has 6 amide bonds. The molecule has 5 rings (SSSR count). The van der Waals surface area contributed by atoms with Gasteiger partial charge in [0.15, 0.2) is 6.29 Å². The largest absolute Gasteiger partial charge is 0.472 e. The molecule has 25 heteroatoms. The number of phosphoric acid groups is 1. The summed E-state index contributed by atoms with van der Waals surface area (Å²) < 4.78 is 35.6. The predicted octanol–water partition coefficient (Wildman–Crippen LogP) is 4.19. The Morgan fingerprint density at radius 2 is 1.46 bits per heavy atom. The molecule has 3 heterocycles. The quantitative estimate of drug-likeness (QED) is 0.0291. The summed E-state index contributed by atoms with van der Waals surface area (Å²) in [6.07, 6.45) is 3.09. The summed E-state index contributed by atoms with van der Waals surface area (Å²) in [7, 11) is -4.10. The van der Waals surface area contributed by atoms with Crippen molar-refractivity contribution in [1.29, 1.82) is 0 Å². The minimum Gasteiger partial charge on any atom is -0.394 e. The Morgan fingerprint density at radius 3 is 2.16 bits per heavy atom. The van der Waals surface area contributed by atoms with E-state index in [9.17, 15) is 53.5 Å². The molecule has 0 radical (unpaired) electrons. The number of carbonyl (C=O) groups is 6. The fourth-order valence-corrected chi connectivity index (χ4v) is 10.7. The average Bonchev–Trinajstić information content (AvgIpc) is 4.02. The van der Waals surface area contributed by atoms with E-state index in [1.54, 1.807) is 4.90 Å². The molecule has 1 fully saturated rings. The number of anilines is 1. The number of nitrogens with two attached hydrogens (primary N) is 1. The monoisotopic (exact) mass is 1140 g/mol. The van der Waals surface area contributed by atoms with Crippen molar-refractivity contribution >= 4 is 49.0 Å². The van der Waals surface area contributed by atoms with Crippen LogP contribution in [0.5, 0.6) is 0 Å². The molecule has 2 aliphatic rings. The molecule has 80 heavy (non-hydrogen) atoms. The molecule has 0 aliphatic carbocycles. The second kappa shape index (κ2) is 33.9. The number of phosphoric ester groups is 1. The number of nitrogens with zero attached hydrogens (tertiary/aromatic N) is 4. The number of aliphatic hydroxyl groups is 3. The third-order valence-electron chi connectivity index (χ3n) is 14.0. The molecule has 2 aliphatic heterocycles. The molecular weight excluding hydrogens is 1060 g/mol. The fraction of sp³-hybridized carbons (Fsp3) is 0.636. The van der Waals surface area contributed by atoms with Crippen molar-refractivity contribution in [1.82, 2.24) is 36.3 Å². The first-order valence-electron chi connectivity index (χ1n) is 28.2. The van der Waals surface area contributed by atoms with Crippen molar-refractivity contribution in [3.63, 3.8) is 0 Å². The van der Waals surface area contributed by atoms with Crippen LogP contribution in [0.1, 0.15) is 142 Å². The summed E-state index contributed by atoms with van der Waals surface area (Å²) in [5, 5.41) is 50.5. The lowest BCUT2D eigenvalue weighted by Gasteiger charge is -2.42. The maximum atomic E-state index is 14.1. The maximum absolute atomic E-state index is 14.1. The van der Waals surface area contributed by atoms with Gasteiger partial charge in [-0.3, -0.25) is 37.8 Å². The SMILES string of the molecule is CCC(CC)OP(=O)(O)OCCCCCCNC(=O)CCC(=O)N1Cc2ccccc2-c2nnn(CCCCCC(=O)NC(CCC(N)=O)C(=O)NCCCCCCO[C@@H]3O[C@H](CO)[C@H](O)[C@H](O)[C@H]3NC(C)=O)c2-c2ccccc21. The number of nitrogens with one attached hydrogen (secondary N) is 4. The summed E-state index contributed by atoms with van der Waals surface area (Å²) >= 11 is 0. The number of hydrogen-bond donors (Lipinski definition) is 9. The average molecular weight is 1140 g/mol. The zero-order valence-corrected chi connectivity index (χ0v) is 47.3. The second-order valence-electron chi connectivity index (χ2n) is 20.2. The van der Waals surface area contributed by atoms with Crippen LogP contribution >= 0.6 is 7.82 Å². The Balaban J connectivity index is 1.06. The van der Waals surface area contributed by atoms with E-state index in [1.165, 1.54) is 6.92 Å². The number of carbonyl (C=O) groups excluding carboxylic acids is 6. The lowest BCUT2D eigenvalue weighted by molar-refractivity contribution is -0.270. The van der Waals surface area contributed by atoms with Gasteiger partial charge in [-0.15, -0.1) is 5.10 Å². The van der Waals surface area contributed by atoms with Crippen molar-refractivity contribution in [3.05, 3.63) is 54.1 Å². The van der Waals surface area contributed by atoms with E-state index in [-0.39, 0.29) is 75.7 Å². The number of ether oxygens (including phenoxy) is 2. The number of rotatable bonds is 36. The van der Waals surface area contributed by atoms with Crippen LogP contribution in [0.3, 0.4) is 0 Å². The number of aliphatic hydroxyl groups excluding tert-OH is 3. The van der Waals surface area contributed by atoms with Gasteiger partial charge in [-0.25, -0.2) is 9.25 Å². The van der Waals surface area contributed by atoms with E-state index in [0.29, 0.717) is 102 Å². The molecule has 10 N–H and O–H groups in total. The van der Waals surface area contributed by atoms with Crippen molar-refractivity contribution in [2.45, 2.75) is 192 Å². The lowest BCUT2D eigenvalue weighted by Crippen LogP contribution is -2.64. The number of unbranched alkanes of at least 4 members (excludes halogenated alkanes) is 8. The smallest absolute Gasteiger partial charge is 0.394 e. The number of hydrogen-bond acceptors (Lipinski definition) is 16. The molecule has 444 valence electrons. The van der Waals surface area contributed by atoms with Crippen LogP contribution in [-0.2, 0) is 64.9 Å².